The molecule has 0 saturated carbocycles. The van der Waals surface area contributed by atoms with E-state index in [0.717, 1.165) is 12.8 Å². The Hall–Kier alpha value is -1.44. The van der Waals surface area contributed by atoms with Gasteiger partial charge in [0.05, 0.1) is 16.8 Å². The average molecular weight is 355 g/mol. The molecule has 134 valence electrons. The number of hydrogen-bond acceptors (Lipinski definition) is 5. The summed E-state index contributed by atoms with van der Waals surface area (Å²) >= 11 is 0. The highest BCUT2D eigenvalue weighted by atomic mass is 32.2. The van der Waals surface area contributed by atoms with Crippen molar-refractivity contribution in [2.75, 3.05) is 25.5 Å². The highest BCUT2D eigenvalue weighted by Gasteiger charge is 2.22. The van der Waals surface area contributed by atoms with Crippen molar-refractivity contribution >= 4 is 15.7 Å². The minimum atomic E-state index is -3.44. The molecule has 0 spiro atoms. The van der Waals surface area contributed by atoms with Crippen LogP contribution in [0, 0.1) is 5.92 Å². The van der Waals surface area contributed by atoms with Crippen LogP contribution in [0.25, 0.3) is 0 Å². The minimum absolute atomic E-state index is 0.0788. The maximum Gasteiger partial charge on any atom is 0.221 e. The van der Waals surface area contributed by atoms with Crippen molar-refractivity contribution in [1.29, 1.82) is 0 Å². The molecule has 1 aliphatic rings. The number of rotatable bonds is 8. The molecule has 6 nitrogen and oxygen atoms in total. The molecular weight excluding hydrogens is 330 g/mol. The fraction of sp³-hybridized carbons (Fsp3) is 0.588. The Labute approximate surface area is 143 Å². The first-order chi connectivity index (χ1) is 11.5. The lowest BCUT2D eigenvalue weighted by Crippen LogP contribution is -2.33. The van der Waals surface area contributed by atoms with Crippen molar-refractivity contribution < 1.29 is 23.1 Å². The summed E-state index contributed by atoms with van der Waals surface area (Å²) in [5.74, 6) is -0.312. The number of hydrogen-bond donors (Lipinski definition) is 2. The maximum atomic E-state index is 12.1. The first-order valence-corrected chi connectivity index (χ1v) is 9.94. The van der Waals surface area contributed by atoms with Crippen molar-refractivity contribution in [3.8, 4) is 0 Å². The van der Waals surface area contributed by atoms with Crippen LogP contribution in [-0.4, -0.2) is 51.0 Å². The summed E-state index contributed by atoms with van der Waals surface area (Å²) in [6.07, 6.45) is 1.61. The van der Waals surface area contributed by atoms with E-state index in [-0.39, 0.29) is 28.9 Å². The Morgan fingerprint density at radius 3 is 2.58 bits per heavy atom. The molecule has 1 atom stereocenters. The number of aliphatic hydroxyl groups is 1. The molecular formula is C17H25NO5S. The number of carbonyl (C=O) groups is 1. The summed E-state index contributed by atoms with van der Waals surface area (Å²) in [5, 5.41) is 12.8. The maximum absolute atomic E-state index is 12.1. The van der Waals surface area contributed by atoms with E-state index in [9.17, 15) is 18.3 Å². The smallest absolute Gasteiger partial charge is 0.221 e. The fourth-order valence-corrected chi connectivity index (χ4v) is 4.02. The molecule has 2 N–H and O–H groups in total. The number of sulfone groups is 1. The second-order valence-electron chi connectivity index (χ2n) is 6.04. The van der Waals surface area contributed by atoms with Gasteiger partial charge in [-0.05, 0) is 37.3 Å². The second-order valence-corrected chi connectivity index (χ2v) is 8.15. The van der Waals surface area contributed by atoms with Gasteiger partial charge in [-0.3, -0.25) is 4.79 Å². The number of aliphatic hydroxyl groups excluding tert-OH is 1. The van der Waals surface area contributed by atoms with E-state index < -0.39 is 15.9 Å². The van der Waals surface area contributed by atoms with Crippen LogP contribution in [0.1, 0.15) is 25.7 Å². The van der Waals surface area contributed by atoms with Gasteiger partial charge in [0, 0.05) is 26.2 Å². The summed E-state index contributed by atoms with van der Waals surface area (Å²) in [4.78, 5) is 12.0. The first-order valence-electron chi connectivity index (χ1n) is 8.29. The van der Waals surface area contributed by atoms with E-state index >= 15 is 0 Å². The molecule has 0 unspecified atom stereocenters. The zero-order valence-electron chi connectivity index (χ0n) is 13.7. The van der Waals surface area contributed by atoms with Crippen LogP contribution in [0.5, 0.6) is 0 Å². The highest BCUT2D eigenvalue weighted by Crippen LogP contribution is 2.20. The monoisotopic (exact) mass is 355 g/mol. The van der Waals surface area contributed by atoms with Gasteiger partial charge in [-0.1, -0.05) is 18.2 Å². The molecule has 1 aliphatic heterocycles. The number of ether oxygens (including phenoxy) is 1. The van der Waals surface area contributed by atoms with Gasteiger partial charge in [0.1, 0.15) is 0 Å². The van der Waals surface area contributed by atoms with Gasteiger partial charge in [-0.15, -0.1) is 0 Å². The lowest BCUT2D eigenvalue weighted by molar-refractivity contribution is -0.120. The number of benzene rings is 1. The van der Waals surface area contributed by atoms with Gasteiger partial charge in [-0.25, -0.2) is 8.42 Å². The normalized spacial score (nSPS) is 17.4. The van der Waals surface area contributed by atoms with Crippen LogP contribution in [-0.2, 0) is 19.4 Å². The summed E-state index contributed by atoms with van der Waals surface area (Å²) in [5.41, 5.74) is 0. The van der Waals surface area contributed by atoms with Crippen LogP contribution in [0.2, 0.25) is 0 Å². The molecule has 0 aliphatic carbocycles. The molecule has 1 amide bonds. The Morgan fingerprint density at radius 2 is 1.92 bits per heavy atom. The third kappa shape index (κ3) is 5.89. The van der Waals surface area contributed by atoms with E-state index in [1.807, 2.05) is 0 Å². The van der Waals surface area contributed by atoms with Crippen LogP contribution in [0.3, 0.4) is 0 Å². The molecule has 0 aromatic heterocycles. The lowest BCUT2D eigenvalue weighted by atomic mass is 9.92. The Morgan fingerprint density at radius 1 is 1.25 bits per heavy atom. The predicted octanol–water partition coefficient (Wildman–Crippen LogP) is 1.14. The van der Waals surface area contributed by atoms with E-state index in [2.05, 4.69) is 5.32 Å². The van der Waals surface area contributed by atoms with Crippen molar-refractivity contribution in [3.63, 3.8) is 0 Å². The molecule has 1 heterocycles. The molecule has 1 saturated heterocycles. The third-order valence-electron chi connectivity index (χ3n) is 4.27. The number of amides is 1. The van der Waals surface area contributed by atoms with Crippen LogP contribution >= 0.6 is 0 Å². The van der Waals surface area contributed by atoms with E-state index in [0.29, 0.717) is 26.2 Å². The second kappa shape index (κ2) is 9.15. The van der Waals surface area contributed by atoms with Crippen molar-refractivity contribution in [2.45, 2.75) is 36.7 Å². The lowest BCUT2D eigenvalue weighted by Gasteiger charge is -2.26. The first kappa shape index (κ1) is 18.9. The molecule has 2 rings (SSSR count). The topological polar surface area (TPSA) is 92.7 Å². The molecule has 0 bridgehead atoms. The molecule has 1 aromatic rings. The summed E-state index contributed by atoms with van der Waals surface area (Å²) < 4.78 is 29.4. The minimum Gasteiger partial charge on any atom is -0.393 e. The molecule has 0 radical (unpaired) electrons. The van der Waals surface area contributed by atoms with Crippen LogP contribution < -0.4 is 5.32 Å². The SMILES string of the molecule is O=C(CCS(=O)(=O)c1ccccc1)NCC[C@@H](O)C1CCOCC1. The molecule has 24 heavy (non-hydrogen) atoms. The molecule has 7 heteroatoms. The average Bonchev–Trinajstić information content (AvgIpc) is 2.61. The van der Waals surface area contributed by atoms with Gasteiger partial charge in [-0.2, -0.15) is 0 Å². The Balaban J connectivity index is 1.68. The fourth-order valence-electron chi connectivity index (χ4n) is 2.76. The number of carbonyl (C=O) groups excluding carboxylic acids is 1. The number of nitrogens with one attached hydrogen (secondary N) is 1. The van der Waals surface area contributed by atoms with Gasteiger partial charge in [0.15, 0.2) is 9.84 Å². The Kier molecular flexibility index (Phi) is 7.20. The summed E-state index contributed by atoms with van der Waals surface area (Å²) in [6.45, 7) is 1.69. The predicted molar refractivity (Wildman–Crippen MR) is 90.3 cm³/mol. The standard InChI is InChI=1S/C17H25NO5S/c19-16(14-7-11-23-12-8-14)6-10-18-17(20)9-13-24(21,22)15-4-2-1-3-5-15/h1-5,14,16,19H,6-13H2,(H,18,20)/t16-/m1/s1. The van der Waals surface area contributed by atoms with Crippen LogP contribution in [0.15, 0.2) is 35.2 Å². The highest BCUT2D eigenvalue weighted by molar-refractivity contribution is 7.91. The van der Waals surface area contributed by atoms with Crippen molar-refractivity contribution in [1.82, 2.24) is 5.32 Å². The van der Waals surface area contributed by atoms with Crippen LogP contribution in [0.4, 0.5) is 0 Å². The van der Waals surface area contributed by atoms with Gasteiger partial charge in [0.2, 0.25) is 5.91 Å². The largest absolute Gasteiger partial charge is 0.393 e. The zero-order valence-corrected chi connectivity index (χ0v) is 14.5. The van der Waals surface area contributed by atoms with Crippen molar-refractivity contribution in [3.05, 3.63) is 30.3 Å². The summed E-state index contributed by atoms with van der Waals surface area (Å²) in [7, 11) is -3.44. The quantitative estimate of drug-likeness (QED) is 0.730. The summed E-state index contributed by atoms with van der Waals surface area (Å²) in [6, 6.07) is 8.11. The van der Waals surface area contributed by atoms with E-state index in [1.165, 1.54) is 12.1 Å². The van der Waals surface area contributed by atoms with E-state index in [4.69, 9.17) is 4.74 Å². The zero-order chi connectivity index (χ0) is 17.4. The molecule has 1 fully saturated rings. The van der Waals surface area contributed by atoms with Crippen molar-refractivity contribution in [2.24, 2.45) is 5.92 Å². The van der Waals surface area contributed by atoms with Gasteiger partial charge in [0.25, 0.3) is 0 Å². The van der Waals surface area contributed by atoms with Gasteiger partial charge < -0.3 is 15.2 Å². The molecule has 1 aromatic carbocycles. The van der Waals surface area contributed by atoms with E-state index in [1.54, 1.807) is 18.2 Å². The van der Waals surface area contributed by atoms with Gasteiger partial charge >= 0.3 is 0 Å². The Bertz CT molecular complexity index is 611. The third-order valence-corrected chi connectivity index (χ3v) is 6.00.